The monoisotopic (exact) mass is 756 g/mol. The van der Waals surface area contributed by atoms with E-state index >= 15 is 0 Å². The number of nitriles is 1. The van der Waals surface area contributed by atoms with E-state index in [4.69, 9.17) is 10.8 Å². The minimum absolute atomic E-state index is 0.0534. The van der Waals surface area contributed by atoms with E-state index in [-0.39, 0.29) is 42.2 Å². The van der Waals surface area contributed by atoms with Crippen molar-refractivity contribution in [2.45, 2.75) is 53.5 Å². The number of carbonyl (C=O) groups excluding carboxylic acids is 1. The van der Waals surface area contributed by atoms with Crippen LogP contribution in [0.1, 0.15) is 36.0 Å². The van der Waals surface area contributed by atoms with Gasteiger partial charge in [-0.3, -0.25) is 4.79 Å². The lowest BCUT2D eigenvalue weighted by Gasteiger charge is -2.38. The first-order chi connectivity index (χ1) is 24.4. The third kappa shape index (κ3) is 6.73. The first-order valence-corrected chi connectivity index (χ1v) is 17.0. The number of hydrogen-bond acceptors (Lipinski definition) is 7. The van der Waals surface area contributed by atoms with Crippen LogP contribution in [0.25, 0.3) is 10.4 Å². The molecule has 3 aromatic rings. The Morgan fingerprint density at radius 3 is 2.04 bits per heavy atom. The van der Waals surface area contributed by atoms with E-state index < -0.39 is 80.3 Å². The highest BCUT2D eigenvalue weighted by Gasteiger charge is 2.73. The molecular weight excluding hydrogens is 728 g/mol. The summed E-state index contributed by atoms with van der Waals surface area (Å²) in [7, 11) is -4.59. The second kappa shape index (κ2) is 14.2. The van der Waals surface area contributed by atoms with Crippen LogP contribution in [0.5, 0.6) is 0 Å². The molecule has 52 heavy (non-hydrogen) atoms. The molecule has 10 nitrogen and oxygen atoms in total. The predicted octanol–water partition coefficient (Wildman–Crippen LogP) is 7.54. The van der Waals surface area contributed by atoms with Gasteiger partial charge in [-0.25, -0.2) is 17.2 Å². The van der Waals surface area contributed by atoms with Crippen LogP contribution in [0.2, 0.25) is 0 Å². The zero-order chi connectivity index (χ0) is 38.1. The van der Waals surface area contributed by atoms with Gasteiger partial charge >= 0.3 is 12.4 Å². The molecule has 0 spiro atoms. The SMILES string of the molecule is N#CN1CCC(C(=O)N2CC[C@](c3ccc(C(OCc4c(F)cccc4F)(C(F)(F)F)C(F)(F)F)cc3)(S(=O)(=O)c3ccc(N=[N+]=[N-])cc3)C2)CC1. The van der Waals surface area contributed by atoms with Crippen molar-refractivity contribution >= 4 is 21.4 Å². The molecule has 1 amide bonds. The molecule has 2 saturated heterocycles. The minimum Gasteiger partial charge on any atom is -0.349 e. The number of ether oxygens (including phenoxy) is 1. The van der Waals surface area contributed by atoms with Gasteiger partial charge in [0.1, 0.15) is 16.4 Å². The van der Waals surface area contributed by atoms with Gasteiger partial charge in [-0.1, -0.05) is 47.6 Å². The smallest absolute Gasteiger partial charge is 0.349 e. The number of amides is 1. The van der Waals surface area contributed by atoms with Crippen molar-refractivity contribution in [1.29, 1.82) is 5.26 Å². The van der Waals surface area contributed by atoms with Crippen molar-refractivity contribution in [3.8, 4) is 6.19 Å². The number of benzene rings is 3. The second-order valence-corrected chi connectivity index (χ2v) is 14.6. The summed E-state index contributed by atoms with van der Waals surface area (Å²) in [6.45, 7) is -1.85. The van der Waals surface area contributed by atoms with Crippen molar-refractivity contribution in [3.63, 3.8) is 0 Å². The first-order valence-electron chi connectivity index (χ1n) is 15.6. The van der Waals surface area contributed by atoms with E-state index in [1.807, 2.05) is 6.19 Å². The summed E-state index contributed by atoms with van der Waals surface area (Å²) in [5.41, 5.74) is 0.702. The zero-order valence-electron chi connectivity index (χ0n) is 26.8. The Kier molecular flexibility index (Phi) is 10.5. The third-order valence-electron chi connectivity index (χ3n) is 9.46. The van der Waals surface area contributed by atoms with Gasteiger partial charge in [0.25, 0.3) is 5.60 Å². The Morgan fingerprint density at radius 2 is 1.52 bits per heavy atom. The lowest BCUT2D eigenvalue weighted by Crippen LogP contribution is -2.56. The fourth-order valence-corrected chi connectivity index (χ4v) is 8.71. The van der Waals surface area contributed by atoms with E-state index in [0.717, 1.165) is 30.3 Å². The summed E-state index contributed by atoms with van der Waals surface area (Å²) >= 11 is 0. The van der Waals surface area contributed by atoms with Gasteiger partial charge in [-0.05, 0) is 54.6 Å². The van der Waals surface area contributed by atoms with Gasteiger partial charge in [0.05, 0.1) is 11.5 Å². The minimum atomic E-state index is -6.23. The Bertz CT molecular complexity index is 1970. The fraction of sp³-hybridized carbons (Fsp3) is 0.394. The molecule has 0 saturated carbocycles. The molecule has 1 atom stereocenters. The predicted molar refractivity (Wildman–Crippen MR) is 167 cm³/mol. The average Bonchev–Trinajstić information content (AvgIpc) is 3.56. The Balaban J connectivity index is 1.59. The summed E-state index contributed by atoms with van der Waals surface area (Å²) < 4.78 is 147. The van der Waals surface area contributed by atoms with Gasteiger partial charge in [0.15, 0.2) is 16.0 Å². The van der Waals surface area contributed by atoms with Gasteiger partial charge in [0.2, 0.25) is 5.91 Å². The van der Waals surface area contributed by atoms with E-state index in [9.17, 15) is 48.3 Å². The molecule has 19 heteroatoms. The number of nitrogens with zero attached hydrogens (tertiary/aromatic N) is 6. The molecule has 2 aliphatic heterocycles. The molecule has 5 rings (SSSR count). The molecule has 276 valence electrons. The number of hydrogen-bond donors (Lipinski definition) is 0. The van der Waals surface area contributed by atoms with E-state index in [2.05, 4.69) is 14.8 Å². The van der Waals surface area contributed by atoms with Crippen LogP contribution in [-0.4, -0.2) is 62.7 Å². The van der Waals surface area contributed by atoms with Crippen LogP contribution in [0, 0.1) is 29.0 Å². The maximum Gasteiger partial charge on any atom is 0.430 e. The third-order valence-corrected chi connectivity index (χ3v) is 12.0. The zero-order valence-corrected chi connectivity index (χ0v) is 27.6. The maximum absolute atomic E-state index is 14.6. The highest BCUT2D eigenvalue weighted by molar-refractivity contribution is 7.92. The molecule has 0 aromatic heterocycles. The molecule has 2 heterocycles. The number of halogens is 8. The summed E-state index contributed by atoms with van der Waals surface area (Å²) in [6.07, 6.45) is -10.2. The molecule has 2 aliphatic rings. The standard InChI is InChI=1S/C33H28F8N6O4S/c34-27-2-1-3-28(35)26(27)18-51-31(32(36,37)38,33(39,40)41)23-6-4-22(5-7-23)30(52(49,50)25-10-8-24(9-11-25)44-45-43)14-17-47(19-30)29(48)21-12-15-46(20-42)16-13-21/h1-11,21H,12-19H2/t30-/m0/s1. The van der Waals surface area contributed by atoms with E-state index in [0.29, 0.717) is 37.1 Å². The Labute approximate surface area is 291 Å². The summed E-state index contributed by atoms with van der Waals surface area (Å²) in [4.78, 5) is 18.6. The van der Waals surface area contributed by atoms with E-state index in [1.165, 1.54) is 21.9 Å². The lowest BCUT2D eigenvalue weighted by atomic mass is 9.88. The first kappa shape index (κ1) is 38.3. The topological polar surface area (TPSA) is 139 Å². The number of likely N-dealkylation sites (tertiary alicyclic amines) is 2. The molecule has 0 aliphatic carbocycles. The summed E-state index contributed by atoms with van der Waals surface area (Å²) in [5, 5.41) is 12.5. The lowest BCUT2D eigenvalue weighted by molar-refractivity contribution is -0.392. The van der Waals surface area contributed by atoms with Gasteiger partial charge in [-0.15, -0.1) is 0 Å². The van der Waals surface area contributed by atoms with Crippen molar-refractivity contribution in [2.24, 2.45) is 11.0 Å². The average molecular weight is 757 g/mol. The van der Waals surface area contributed by atoms with Crippen LogP contribution >= 0.6 is 0 Å². The second-order valence-electron chi connectivity index (χ2n) is 12.3. The molecule has 3 aromatic carbocycles. The normalized spacial score (nSPS) is 18.9. The van der Waals surface area contributed by atoms with Gasteiger partial charge in [-0.2, -0.15) is 31.6 Å². The van der Waals surface area contributed by atoms with Crippen LogP contribution in [0.15, 0.2) is 76.7 Å². The maximum atomic E-state index is 14.6. The van der Waals surface area contributed by atoms with Crippen LogP contribution in [-0.2, 0) is 36.3 Å². The molecule has 0 bridgehead atoms. The number of rotatable bonds is 9. The molecule has 0 N–H and O–H groups in total. The number of piperidine rings is 1. The molecule has 0 radical (unpaired) electrons. The molecule has 2 fully saturated rings. The fourth-order valence-electron chi connectivity index (χ4n) is 6.63. The number of azide groups is 1. The Hall–Kier alpha value is -4.92. The van der Waals surface area contributed by atoms with E-state index in [1.54, 1.807) is 0 Å². The van der Waals surface area contributed by atoms with Crippen LogP contribution < -0.4 is 0 Å². The van der Waals surface area contributed by atoms with Crippen molar-refractivity contribution in [2.75, 3.05) is 26.2 Å². The van der Waals surface area contributed by atoms with Gasteiger partial charge < -0.3 is 14.5 Å². The Morgan fingerprint density at radius 1 is 0.942 bits per heavy atom. The van der Waals surface area contributed by atoms with Gasteiger partial charge in [0, 0.05) is 53.8 Å². The van der Waals surface area contributed by atoms with Crippen LogP contribution in [0.3, 0.4) is 0 Å². The summed E-state index contributed by atoms with van der Waals surface area (Å²) in [6, 6.07) is 9.05. The van der Waals surface area contributed by atoms with Crippen LogP contribution in [0.4, 0.5) is 40.8 Å². The quantitative estimate of drug-likeness (QED) is 0.0727. The number of sulfone groups is 1. The highest BCUT2D eigenvalue weighted by Crippen LogP contribution is 2.54. The molecular formula is C33H28F8N6O4S. The summed E-state index contributed by atoms with van der Waals surface area (Å²) in [5.74, 6) is -3.87. The van der Waals surface area contributed by atoms with Crippen molar-refractivity contribution in [3.05, 3.63) is 105 Å². The highest BCUT2D eigenvalue weighted by atomic mass is 32.2. The number of alkyl halides is 6. The molecule has 0 unspecified atom stereocenters. The van der Waals surface area contributed by atoms with Crippen molar-refractivity contribution < 1.29 is 53.1 Å². The largest absolute Gasteiger partial charge is 0.430 e. The van der Waals surface area contributed by atoms with Crippen molar-refractivity contribution in [1.82, 2.24) is 9.80 Å². The number of carbonyl (C=O) groups is 1.